The van der Waals surface area contributed by atoms with Crippen LogP contribution in [0.1, 0.15) is 16.8 Å². The molecule has 0 spiro atoms. The number of aliphatic hydroxyl groups is 1. The Bertz CT molecular complexity index is 475. The van der Waals surface area contributed by atoms with Crippen molar-refractivity contribution in [1.82, 2.24) is 10.2 Å². The summed E-state index contributed by atoms with van der Waals surface area (Å²) in [4.78, 5) is 25.1. The van der Waals surface area contributed by atoms with Crippen LogP contribution in [0.4, 0.5) is 0 Å². The van der Waals surface area contributed by atoms with Crippen molar-refractivity contribution in [2.75, 3.05) is 19.6 Å². The molecule has 6 heteroatoms. The van der Waals surface area contributed by atoms with E-state index in [1.165, 1.54) is 0 Å². The third-order valence-electron chi connectivity index (χ3n) is 3.02. The molecule has 1 aromatic carbocycles. The highest BCUT2D eigenvalue weighted by Gasteiger charge is 2.24. The topological polar surface area (TPSA) is 69.6 Å². The second-order valence-corrected chi connectivity index (χ2v) is 5.39. The van der Waals surface area contributed by atoms with Gasteiger partial charge in [-0.15, -0.1) is 0 Å². The summed E-state index contributed by atoms with van der Waals surface area (Å²) in [6, 6.07) is 6.91. The Balaban J connectivity index is 1.83. The van der Waals surface area contributed by atoms with Crippen LogP contribution >= 0.6 is 15.9 Å². The van der Waals surface area contributed by atoms with Gasteiger partial charge < -0.3 is 15.3 Å². The molecule has 1 atom stereocenters. The van der Waals surface area contributed by atoms with Gasteiger partial charge in [0.05, 0.1) is 12.6 Å². The number of carbonyl (C=O) groups is 2. The van der Waals surface area contributed by atoms with E-state index in [0.29, 0.717) is 25.1 Å². The quantitative estimate of drug-likeness (QED) is 0.862. The Morgan fingerprint density at radius 1 is 1.37 bits per heavy atom. The third-order valence-corrected chi connectivity index (χ3v) is 3.55. The van der Waals surface area contributed by atoms with Crippen LogP contribution in [0.5, 0.6) is 0 Å². The van der Waals surface area contributed by atoms with Crippen LogP contribution < -0.4 is 5.32 Å². The molecule has 1 aliphatic heterocycles. The average molecular weight is 327 g/mol. The summed E-state index contributed by atoms with van der Waals surface area (Å²) in [7, 11) is 0. The summed E-state index contributed by atoms with van der Waals surface area (Å²) in [6.45, 7) is 0.864. The lowest BCUT2D eigenvalue weighted by Gasteiger charge is -2.15. The Hall–Kier alpha value is -1.40. The van der Waals surface area contributed by atoms with Crippen molar-refractivity contribution in [1.29, 1.82) is 0 Å². The Kier molecular flexibility index (Phi) is 4.55. The molecule has 19 heavy (non-hydrogen) atoms. The van der Waals surface area contributed by atoms with E-state index >= 15 is 0 Å². The highest BCUT2D eigenvalue weighted by molar-refractivity contribution is 9.10. The predicted molar refractivity (Wildman–Crippen MR) is 73.7 cm³/mol. The van der Waals surface area contributed by atoms with Crippen LogP contribution in [0.15, 0.2) is 28.7 Å². The lowest BCUT2D eigenvalue weighted by Crippen LogP contribution is -2.39. The number of likely N-dealkylation sites (tertiary alicyclic amines) is 1. The lowest BCUT2D eigenvalue weighted by atomic mass is 10.2. The number of nitrogens with zero attached hydrogens (tertiary/aromatic N) is 1. The molecule has 0 bridgehead atoms. The van der Waals surface area contributed by atoms with E-state index in [2.05, 4.69) is 21.2 Å². The van der Waals surface area contributed by atoms with Crippen molar-refractivity contribution in [3.8, 4) is 0 Å². The van der Waals surface area contributed by atoms with E-state index in [0.717, 1.165) is 4.47 Å². The van der Waals surface area contributed by atoms with E-state index < -0.39 is 6.10 Å². The van der Waals surface area contributed by atoms with Gasteiger partial charge in [-0.05, 0) is 30.7 Å². The summed E-state index contributed by atoms with van der Waals surface area (Å²) in [5, 5.41) is 11.9. The van der Waals surface area contributed by atoms with Gasteiger partial charge in [-0.1, -0.05) is 15.9 Å². The standard InChI is InChI=1S/C13H15BrN2O3/c14-10-3-1-9(2-4-10)13(19)15-7-12(18)16-6-5-11(17)8-16/h1-4,11,17H,5-8H2,(H,15,19). The average Bonchev–Trinajstić information content (AvgIpc) is 2.83. The van der Waals surface area contributed by atoms with Gasteiger partial charge in [0, 0.05) is 23.1 Å². The normalized spacial score (nSPS) is 18.4. The molecule has 102 valence electrons. The van der Waals surface area contributed by atoms with Gasteiger partial charge in [0.2, 0.25) is 5.91 Å². The second-order valence-electron chi connectivity index (χ2n) is 4.47. The van der Waals surface area contributed by atoms with Gasteiger partial charge >= 0.3 is 0 Å². The molecule has 0 saturated carbocycles. The minimum atomic E-state index is -0.439. The van der Waals surface area contributed by atoms with Gasteiger partial charge in [0.15, 0.2) is 0 Å². The minimum absolute atomic E-state index is 0.0401. The molecule has 1 aromatic rings. The van der Waals surface area contributed by atoms with Crippen LogP contribution in [-0.4, -0.2) is 47.6 Å². The number of nitrogens with one attached hydrogen (secondary N) is 1. The predicted octanol–water partition coefficient (Wildman–Crippen LogP) is 0.772. The van der Waals surface area contributed by atoms with Crippen LogP contribution in [-0.2, 0) is 4.79 Å². The summed E-state index contributed by atoms with van der Waals surface area (Å²) < 4.78 is 0.895. The molecule has 1 saturated heterocycles. The van der Waals surface area contributed by atoms with E-state index in [-0.39, 0.29) is 18.4 Å². The molecule has 2 N–H and O–H groups in total. The van der Waals surface area contributed by atoms with Crippen molar-refractivity contribution >= 4 is 27.7 Å². The van der Waals surface area contributed by atoms with Gasteiger partial charge in [0.1, 0.15) is 0 Å². The molecule has 0 aliphatic carbocycles. The SMILES string of the molecule is O=C(NCC(=O)N1CCC(O)C1)c1ccc(Br)cc1. The number of hydrogen-bond donors (Lipinski definition) is 2. The molecule has 1 unspecified atom stereocenters. The third kappa shape index (κ3) is 3.78. The maximum absolute atomic E-state index is 11.8. The van der Waals surface area contributed by atoms with Crippen molar-refractivity contribution in [2.45, 2.75) is 12.5 Å². The number of β-amino-alcohol motifs (C(OH)–C–C–N with tert-alkyl or cyclic N) is 1. The van der Waals surface area contributed by atoms with E-state index in [1.807, 2.05) is 0 Å². The van der Waals surface area contributed by atoms with Gasteiger partial charge in [-0.2, -0.15) is 0 Å². The second kappa shape index (κ2) is 6.16. The molecular formula is C13H15BrN2O3. The van der Waals surface area contributed by atoms with E-state index in [4.69, 9.17) is 0 Å². The number of carbonyl (C=O) groups excluding carboxylic acids is 2. The first-order valence-corrected chi connectivity index (χ1v) is 6.85. The smallest absolute Gasteiger partial charge is 0.251 e. The molecule has 1 heterocycles. The summed E-state index contributed by atoms with van der Waals surface area (Å²) >= 11 is 3.29. The van der Waals surface area contributed by atoms with Crippen molar-refractivity contribution < 1.29 is 14.7 Å². The largest absolute Gasteiger partial charge is 0.391 e. The molecule has 5 nitrogen and oxygen atoms in total. The number of hydrogen-bond acceptors (Lipinski definition) is 3. The van der Waals surface area contributed by atoms with Crippen LogP contribution in [0, 0.1) is 0 Å². The Morgan fingerprint density at radius 3 is 2.63 bits per heavy atom. The summed E-state index contributed by atoms with van der Waals surface area (Å²) in [6.07, 6.45) is 0.165. The lowest BCUT2D eigenvalue weighted by molar-refractivity contribution is -0.129. The first-order valence-electron chi connectivity index (χ1n) is 6.06. The minimum Gasteiger partial charge on any atom is -0.391 e. The molecule has 1 fully saturated rings. The van der Waals surface area contributed by atoms with Crippen molar-refractivity contribution in [3.05, 3.63) is 34.3 Å². The first-order chi connectivity index (χ1) is 9.06. The fraction of sp³-hybridized carbons (Fsp3) is 0.385. The van der Waals surface area contributed by atoms with Gasteiger partial charge in [0.25, 0.3) is 5.91 Å². The van der Waals surface area contributed by atoms with E-state index in [1.54, 1.807) is 29.2 Å². The van der Waals surface area contributed by atoms with Crippen molar-refractivity contribution in [2.24, 2.45) is 0 Å². The Labute approximate surface area is 119 Å². The van der Waals surface area contributed by atoms with Gasteiger partial charge in [-0.25, -0.2) is 0 Å². The zero-order valence-corrected chi connectivity index (χ0v) is 11.9. The number of aliphatic hydroxyl groups excluding tert-OH is 1. The molecule has 2 rings (SSSR count). The van der Waals surface area contributed by atoms with Crippen LogP contribution in [0.2, 0.25) is 0 Å². The molecule has 0 aromatic heterocycles. The van der Waals surface area contributed by atoms with E-state index in [9.17, 15) is 14.7 Å². The maximum atomic E-state index is 11.8. The molecular weight excluding hydrogens is 312 g/mol. The van der Waals surface area contributed by atoms with Gasteiger partial charge in [-0.3, -0.25) is 9.59 Å². The summed E-state index contributed by atoms with van der Waals surface area (Å²) in [5.41, 5.74) is 0.512. The highest BCUT2D eigenvalue weighted by Crippen LogP contribution is 2.11. The number of amides is 2. The highest BCUT2D eigenvalue weighted by atomic mass is 79.9. The van der Waals surface area contributed by atoms with Crippen LogP contribution in [0.25, 0.3) is 0 Å². The summed E-state index contributed by atoms with van der Waals surface area (Å²) in [5.74, 6) is -0.442. The molecule has 1 aliphatic rings. The molecule has 2 amide bonds. The number of rotatable bonds is 3. The van der Waals surface area contributed by atoms with Crippen molar-refractivity contribution in [3.63, 3.8) is 0 Å². The fourth-order valence-electron chi connectivity index (χ4n) is 1.94. The molecule has 0 radical (unpaired) electrons. The monoisotopic (exact) mass is 326 g/mol. The number of benzene rings is 1. The zero-order chi connectivity index (χ0) is 13.8. The zero-order valence-electron chi connectivity index (χ0n) is 10.3. The maximum Gasteiger partial charge on any atom is 0.251 e. The Morgan fingerprint density at radius 2 is 2.05 bits per heavy atom. The first kappa shape index (κ1) is 14.0. The fourth-order valence-corrected chi connectivity index (χ4v) is 2.20. The van der Waals surface area contributed by atoms with Crippen LogP contribution in [0.3, 0.4) is 0 Å². The number of halogens is 1.